The van der Waals surface area contributed by atoms with Gasteiger partial charge in [0.1, 0.15) is 12.4 Å². The lowest BCUT2D eigenvalue weighted by Crippen LogP contribution is -2.38. The lowest BCUT2D eigenvalue weighted by atomic mass is 10.1. The number of nitrogens with zero attached hydrogens (tertiary/aromatic N) is 3. The van der Waals surface area contributed by atoms with E-state index in [-0.39, 0.29) is 5.91 Å². The van der Waals surface area contributed by atoms with Crippen molar-refractivity contribution in [2.45, 2.75) is 19.3 Å². The normalized spacial score (nSPS) is 14.9. The molecule has 1 amide bonds. The van der Waals surface area contributed by atoms with Crippen molar-refractivity contribution in [1.29, 1.82) is 0 Å². The topological polar surface area (TPSA) is 55.3 Å². The van der Waals surface area contributed by atoms with Gasteiger partial charge in [-0.25, -0.2) is 0 Å². The molecular formula is C17H19N3O2. The molecular weight excluding hydrogens is 278 g/mol. The van der Waals surface area contributed by atoms with Crippen molar-refractivity contribution in [3.05, 3.63) is 42.7 Å². The number of carbonyl (C=O) groups excluding carboxylic acids is 1. The quantitative estimate of drug-likeness (QED) is 0.851. The van der Waals surface area contributed by atoms with Crippen LogP contribution in [-0.2, 0) is 4.79 Å². The van der Waals surface area contributed by atoms with E-state index in [9.17, 15) is 4.79 Å². The van der Waals surface area contributed by atoms with Gasteiger partial charge >= 0.3 is 0 Å². The summed E-state index contributed by atoms with van der Waals surface area (Å²) < 4.78 is 5.67. The lowest BCUT2D eigenvalue weighted by Gasteiger charge is -2.26. The van der Waals surface area contributed by atoms with Gasteiger partial charge in [0.25, 0.3) is 0 Å². The summed E-state index contributed by atoms with van der Waals surface area (Å²) in [5.41, 5.74) is 1.66. The molecule has 0 radical (unpaired) electrons. The predicted octanol–water partition coefficient (Wildman–Crippen LogP) is 2.53. The molecule has 0 unspecified atom stereocenters. The minimum Gasteiger partial charge on any atom is -0.490 e. The zero-order valence-electron chi connectivity index (χ0n) is 12.4. The van der Waals surface area contributed by atoms with Gasteiger partial charge < -0.3 is 9.64 Å². The van der Waals surface area contributed by atoms with Crippen LogP contribution in [0.1, 0.15) is 19.3 Å². The molecule has 22 heavy (non-hydrogen) atoms. The Balaban J connectivity index is 1.52. The number of aromatic nitrogens is 2. The summed E-state index contributed by atoms with van der Waals surface area (Å²) in [7, 11) is 0. The molecule has 0 N–H and O–H groups in total. The highest BCUT2D eigenvalue weighted by Crippen LogP contribution is 2.17. The zero-order valence-corrected chi connectivity index (χ0v) is 12.4. The van der Waals surface area contributed by atoms with Crippen molar-refractivity contribution in [3.63, 3.8) is 0 Å². The Labute approximate surface area is 130 Å². The second-order valence-electron chi connectivity index (χ2n) is 5.28. The smallest absolute Gasteiger partial charge is 0.222 e. The van der Waals surface area contributed by atoms with E-state index in [1.54, 1.807) is 12.4 Å². The summed E-state index contributed by atoms with van der Waals surface area (Å²) in [6, 6.07) is 9.51. The van der Waals surface area contributed by atoms with Gasteiger partial charge in [-0.15, -0.1) is 0 Å². The number of ether oxygens (including phenoxy) is 1. The Hall–Kier alpha value is -2.43. The molecule has 5 nitrogen and oxygen atoms in total. The fraction of sp³-hybridized carbons (Fsp3) is 0.353. The molecule has 1 fully saturated rings. The predicted molar refractivity (Wildman–Crippen MR) is 83.4 cm³/mol. The lowest BCUT2D eigenvalue weighted by molar-refractivity contribution is -0.133. The van der Waals surface area contributed by atoms with Crippen LogP contribution in [-0.4, -0.2) is 40.5 Å². The van der Waals surface area contributed by atoms with Gasteiger partial charge in [-0.2, -0.15) is 0 Å². The maximum absolute atomic E-state index is 11.7. The molecule has 0 spiro atoms. The molecule has 1 saturated heterocycles. The summed E-state index contributed by atoms with van der Waals surface area (Å²) in [4.78, 5) is 22.2. The average Bonchev–Trinajstić information content (AvgIpc) is 2.58. The van der Waals surface area contributed by atoms with E-state index in [4.69, 9.17) is 4.74 Å². The third-order valence-electron chi connectivity index (χ3n) is 3.71. The Kier molecular flexibility index (Phi) is 4.63. The van der Waals surface area contributed by atoms with Gasteiger partial charge in [-0.05, 0) is 37.1 Å². The highest BCUT2D eigenvalue weighted by atomic mass is 16.5. The number of amides is 1. The first-order valence-corrected chi connectivity index (χ1v) is 7.61. The zero-order chi connectivity index (χ0) is 15.2. The minimum absolute atomic E-state index is 0.235. The van der Waals surface area contributed by atoms with Gasteiger partial charge in [0, 0.05) is 19.2 Å². The van der Waals surface area contributed by atoms with Crippen LogP contribution in [0.25, 0.3) is 11.4 Å². The van der Waals surface area contributed by atoms with Crippen LogP contribution < -0.4 is 4.74 Å². The summed E-state index contributed by atoms with van der Waals surface area (Å²) in [5, 5.41) is 0. The van der Waals surface area contributed by atoms with Crippen molar-refractivity contribution in [2.24, 2.45) is 0 Å². The van der Waals surface area contributed by atoms with E-state index >= 15 is 0 Å². The number of rotatable bonds is 5. The standard InChI is InChI=1S/C17H19N3O2/c21-17-6-2-4-10-20(17)11-12-22-14-7-8-16(19-13-14)15-5-1-3-9-18-15/h1,3,5,7-9,13H,2,4,6,10-12H2. The van der Waals surface area contributed by atoms with Crippen LogP contribution in [0.5, 0.6) is 5.75 Å². The summed E-state index contributed by atoms with van der Waals surface area (Å²) >= 11 is 0. The minimum atomic E-state index is 0.235. The van der Waals surface area contributed by atoms with Gasteiger partial charge in [0.15, 0.2) is 0 Å². The van der Waals surface area contributed by atoms with E-state index in [1.165, 1.54) is 0 Å². The Morgan fingerprint density at radius 2 is 2.00 bits per heavy atom. The Morgan fingerprint density at radius 3 is 2.73 bits per heavy atom. The fourth-order valence-electron chi connectivity index (χ4n) is 2.50. The maximum atomic E-state index is 11.7. The van der Waals surface area contributed by atoms with Crippen LogP contribution in [0.3, 0.4) is 0 Å². The molecule has 0 aromatic carbocycles. The van der Waals surface area contributed by atoms with Crippen LogP contribution in [0.15, 0.2) is 42.7 Å². The summed E-state index contributed by atoms with van der Waals surface area (Å²) in [6.45, 7) is 1.98. The molecule has 0 atom stereocenters. The largest absolute Gasteiger partial charge is 0.490 e. The molecule has 1 aliphatic rings. The SMILES string of the molecule is O=C1CCCCN1CCOc1ccc(-c2ccccn2)nc1. The van der Waals surface area contributed by atoms with E-state index in [1.807, 2.05) is 35.2 Å². The first-order chi connectivity index (χ1) is 10.8. The maximum Gasteiger partial charge on any atom is 0.222 e. The van der Waals surface area contributed by atoms with Gasteiger partial charge in [0.2, 0.25) is 5.91 Å². The van der Waals surface area contributed by atoms with E-state index in [0.717, 1.165) is 30.8 Å². The highest BCUT2D eigenvalue weighted by Gasteiger charge is 2.17. The van der Waals surface area contributed by atoms with Crippen LogP contribution in [0.4, 0.5) is 0 Å². The number of likely N-dealkylation sites (tertiary alicyclic amines) is 1. The Bertz CT molecular complexity index is 614. The molecule has 5 heteroatoms. The molecule has 2 aromatic rings. The Morgan fingerprint density at radius 1 is 1.09 bits per heavy atom. The molecule has 1 aliphatic heterocycles. The molecule has 3 heterocycles. The number of hydrogen-bond acceptors (Lipinski definition) is 4. The second-order valence-corrected chi connectivity index (χ2v) is 5.28. The van der Waals surface area contributed by atoms with E-state index < -0.39 is 0 Å². The monoisotopic (exact) mass is 297 g/mol. The van der Waals surface area contributed by atoms with Gasteiger partial charge in [-0.1, -0.05) is 6.07 Å². The molecule has 0 aliphatic carbocycles. The van der Waals surface area contributed by atoms with Crippen molar-refractivity contribution in [2.75, 3.05) is 19.7 Å². The number of carbonyl (C=O) groups is 1. The van der Waals surface area contributed by atoms with E-state index in [2.05, 4.69) is 9.97 Å². The summed E-state index contributed by atoms with van der Waals surface area (Å²) in [6.07, 6.45) is 6.21. The summed E-state index contributed by atoms with van der Waals surface area (Å²) in [5.74, 6) is 0.947. The van der Waals surface area contributed by atoms with Crippen LogP contribution >= 0.6 is 0 Å². The third-order valence-corrected chi connectivity index (χ3v) is 3.71. The molecule has 0 saturated carbocycles. The third kappa shape index (κ3) is 3.61. The van der Waals surface area contributed by atoms with Gasteiger partial charge in [0.05, 0.1) is 24.1 Å². The number of piperidine rings is 1. The van der Waals surface area contributed by atoms with Crippen molar-refractivity contribution in [1.82, 2.24) is 14.9 Å². The van der Waals surface area contributed by atoms with Crippen molar-refractivity contribution in [3.8, 4) is 17.1 Å². The van der Waals surface area contributed by atoms with Crippen molar-refractivity contribution < 1.29 is 9.53 Å². The molecule has 2 aromatic heterocycles. The average molecular weight is 297 g/mol. The fourth-order valence-corrected chi connectivity index (χ4v) is 2.50. The van der Waals surface area contributed by atoms with Crippen LogP contribution in [0.2, 0.25) is 0 Å². The first-order valence-electron chi connectivity index (χ1n) is 7.61. The van der Waals surface area contributed by atoms with E-state index in [0.29, 0.717) is 25.3 Å². The second kappa shape index (κ2) is 7.02. The molecule has 0 bridgehead atoms. The van der Waals surface area contributed by atoms with Crippen molar-refractivity contribution >= 4 is 5.91 Å². The number of hydrogen-bond donors (Lipinski definition) is 0. The highest BCUT2D eigenvalue weighted by molar-refractivity contribution is 5.76. The first kappa shape index (κ1) is 14.5. The molecule has 3 rings (SSSR count). The van der Waals surface area contributed by atoms with Crippen LogP contribution in [0, 0.1) is 0 Å². The van der Waals surface area contributed by atoms with Gasteiger partial charge in [-0.3, -0.25) is 14.8 Å². The molecule has 114 valence electrons. The number of pyridine rings is 2.